The molecule has 0 aliphatic heterocycles. The fourth-order valence-electron chi connectivity index (χ4n) is 1.78. The summed E-state index contributed by atoms with van der Waals surface area (Å²) in [6, 6.07) is 0. The Hall–Kier alpha value is -0.900. The van der Waals surface area contributed by atoms with Crippen molar-refractivity contribution in [1.29, 1.82) is 0 Å². The van der Waals surface area contributed by atoms with E-state index in [1.54, 1.807) is 0 Å². The summed E-state index contributed by atoms with van der Waals surface area (Å²) in [5.74, 6) is 0. The van der Waals surface area contributed by atoms with Crippen molar-refractivity contribution < 1.29 is 0 Å². The van der Waals surface area contributed by atoms with Crippen LogP contribution < -0.4 is 5.32 Å². The van der Waals surface area contributed by atoms with Gasteiger partial charge in [-0.15, -0.1) is 5.10 Å². The minimum atomic E-state index is 0.108. The average molecular weight is 224 g/mol. The molecule has 0 bridgehead atoms. The van der Waals surface area contributed by atoms with Gasteiger partial charge >= 0.3 is 0 Å². The number of nitrogens with zero attached hydrogens (tertiary/aromatic N) is 3. The molecular weight excluding hydrogens is 200 g/mol. The third kappa shape index (κ3) is 3.59. The zero-order valence-electron chi connectivity index (χ0n) is 11.3. The molecule has 0 aliphatic carbocycles. The van der Waals surface area contributed by atoms with E-state index in [4.69, 9.17) is 0 Å². The Morgan fingerprint density at radius 1 is 1.25 bits per heavy atom. The number of hydrogen-bond acceptors (Lipinski definition) is 3. The van der Waals surface area contributed by atoms with Crippen molar-refractivity contribution in [3.63, 3.8) is 0 Å². The molecule has 0 unspecified atom stereocenters. The molecule has 0 atom stereocenters. The number of rotatable bonds is 4. The van der Waals surface area contributed by atoms with Crippen LogP contribution in [-0.2, 0) is 12.5 Å². The van der Waals surface area contributed by atoms with Gasteiger partial charge in [-0.2, -0.15) is 0 Å². The zero-order valence-corrected chi connectivity index (χ0v) is 11.3. The summed E-state index contributed by atoms with van der Waals surface area (Å²) in [6.45, 7) is 12.0. The van der Waals surface area contributed by atoms with Crippen LogP contribution in [0.2, 0.25) is 0 Å². The molecule has 0 saturated heterocycles. The van der Waals surface area contributed by atoms with Crippen LogP contribution in [0.5, 0.6) is 0 Å². The van der Waals surface area contributed by atoms with Gasteiger partial charge in [-0.25, -0.2) is 0 Å². The molecule has 1 aromatic rings. The Morgan fingerprint density at radius 2 is 1.88 bits per heavy atom. The van der Waals surface area contributed by atoms with Crippen molar-refractivity contribution in [2.24, 2.45) is 7.05 Å². The molecule has 92 valence electrons. The molecule has 0 saturated carbocycles. The molecule has 1 aromatic heterocycles. The lowest BCUT2D eigenvalue weighted by molar-refractivity contribution is 0.368. The van der Waals surface area contributed by atoms with Crippen molar-refractivity contribution in [3.05, 3.63) is 11.9 Å². The number of aryl methyl sites for hydroxylation is 1. The normalized spacial score (nSPS) is 13.1. The highest BCUT2D eigenvalue weighted by molar-refractivity contribution is 5.09. The van der Waals surface area contributed by atoms with E-state index in [-0.39, 0.29) is 11.0 Å². The summed E-state index contributed by atoms with van der Waals surface area (Å²) in [4.78, 5) is 0. The molecule has 0 radical (unpaired) electrons. The van der Waals surface area contributed by atoms with Gasteiger partial charge in [0.25, 0.3) is 0 Å². The standard InChI is InChI=1S/C12H24N4/c1-11(2,3)13-8-7-12(4,5)10-9-14-15-16(10)6/h9,13H,7-8H2,1-6H3. The molecule has 1 N–H and O–H groups in total. The Balaban J connectivity index is 2.56. The maximum absolute atomic E-state index is 3.99. The molecule has 4 heteroatoms. The summed E-state index contributed by atoms with van der Waals surface area (Å²) in [7, 11) is 1.95. The van der Waals surface area contributed by atoms with E-state index in [2.05, 4.69) is 50.2 Å². The van der Waals surface area contributed by atoms with Gasteiger partial charge in [0.2, 0.25) is 0 Å². The molecular formula is C12H24N4. The van der Waals surface area contributed by atoms with Gasteiger partial charge in [-0.1, -0.05) is 19.1 Å². The van der Waals surface area contributed by atoms with Crippen molar-refractivity contribution in [1.82, 2.24) is 20.3 Å². The van der Waals surface area contributed by atoms with E-state index in [9.17, 15) is 0 Å². The van der Waals surface area contributed by atoms with Crippen LogP contribution in [0, 0.1) is 0 Å². The average Bonchev–Trinajstić information content (AvgIpc) is 2.48. The highest BCUT2D eigenvalue weighted by Crippen LogP contribution is 2.25. The summed E-state index contributed by atoms with van der Waals surface area (Å²) in [5, 5.41) is 11.4. The first kappa shape index (κ1) is 13.2. The Morgan fingerprint density at radius 3 is 2.31 bits per heavy atom. The monoisotopic (exact) mass is 224 g/mol. The highest BCUT2D eigenvalue weighted by Gasteiger charge is 2.24. The maximum Gasteiger partial charge on any atom is 0.0730 e. The first-order chi connectivity index (χ1) is 7.22. The fraction of sp³-hybridized carbons (Fsp3) is 0.833. The van der Waals surface area contributed by atoms with Gasteiger partial charge in [0, 0.05) is 18.0 Å². The molecule has 1 rings (SSSR count). The molecule has 0 spiro atoms. The van der Waals surface area contributed by atoms with Crippen LogP contribution in [-0.4, -0.2) is 27.1 Å². The zero-order chi connectivity index (χ0) is 12.4. The lowest BCUT2D eigenvalue weighted by Crippen LogP contribution is -2.38. The first-order valence-corrected chi connectivity index (χ1v) is 5.82. The van der Waals surface area contributed by atoms with E-state index in [1.165, 1.54) is 5.69 Å². The molecule has 0 aromatic carbocycles. The van der Waals surface area contributed by atoms with E-state index in [0.29, 0.717) is 0 Å². The second kappa shape index (κ2) is 4.53. The summed E-state index contributed by atoms with van der Waals surface area (Å²) < 4.78 is 1.86. The lowest BCUT2D eigenvalue weighted by atomic mass is 9.85. The maximum atomic E-state index is 3.99. The number of aromatic nitrogens is 3. The third-order valence-electron chi connectivity index (χ3n) is 2.81. The van der Waals surface area contributed by atoms with Gasteiger partial charge in [0.1, 0.15) is 0 Å². The first-order valence-electron chi connectivity index (χ1n) is 5.82. The topological polar surface area (TPSA) is 42.7 Å². The summed E-state index contributed by atoms with van der Waals surface area (Å²) in [6.07, 6.45) is 2.93. The van der Waals surface area contributed by atoms with Crippen molar-refractivity contribution in [2.75, 3.05) is 6.54 Å². The number of hydrogen-bond donors (Lipinski definition) is 1. The SMILES string of the molecule is Cn1nncc1C(C)(C)CCNC(C)(C)C. The smallest absolute Gasteiger partial charge is 0.0730 e. The minimum Gasteiger partial charge on any atom is -0.312 e. The summed E-state index contributed by atoms with van der Waals surface area (Å²) >= 11 is 0. The molecule has 16 heavy (non-hydrogen) atoms. The fourth-order valence-corrected chi connectivity index (χ4v) is 1.78. The van der Waals surface area contributed by atoms with Crippen LogP contribution in [0.4, 0.5) is 0 Å². The second-order valence-corrected chi connectivity index (χ2v) is 6.05. The van der Waals surface area contributed by atoms with Gasteiger partial charge in [-0.3, -0.25) is 4.68 Å². The summed E-state index contributed by atoms with van der Waals surface area (Å²) in [5.41, 5.74) is 1.47. The van der Waals surface area contributed by atoms with Gasteiger partial charge in [0.15, 0.2) is 0 Å². The van der Waals surface area contributed by atoms with Crippen molar-refractivity contribution in [2.45, 2.75) is 52.0 Å². The lowest BCUT2D eigenvalue weighted by Gasteiger charge is -2.27. The molecule has 4 nitrogen and oxygen atoms in total. The van der Waals surface area contributed by atoms with Gasteiger partial charge in [-0.05, 0) is 33.7 Å². The molecule has 1 heterocycles. The highest BCUT2D eigenvalue weighted by atomic mass is 15.4. The van der Waals surface area contributed by atoms with E-state index < -0.39 is 0 Å². The van der Waals surface area contributed by atoms with E-state index in [0.717, 1.165) is 13.0 Å². The third-order valence-corrected chi connectivity index (χ3v) is 2.81. The van der Waals surface area contributed by atoms with Crippen LogP contribution in [0.15, 0.2) is 6.20 Å². The minimum absolute atomic E-state index is 0.108. The molecule has 0 amide bonds. The van der Waals surface area contributed by atoms with E-state index >= 15 is 0 Å². The van der Waals surface area contributed by atoms with Crippen LogP contribution >= 0.6 is 0 Å². The molecule has 0 fully saturated rings. The predicted molar refractivity (Wildman–Crippen MR) is 66.4 cm³/mol. The van der Waals surface area contributed by atoms with Crippen molar-refractivity contribution in [3.8, 4) is 0 Å². The van der Waals surface area contributed by atoms with Gasteiger partial charge < -0.3 is 5.32 Å². The van der Waals surface area contributed by atoms with Crippen LogP contribution in [0.25, 0.3) is 0 Å². The van der Waals surface area contributed by atoms with Crippen LogP contribution in [0.1, 0.15) is 46.7 Å². The van der Waals surface area contributed by atoms with Crippen LogP contribution in [0.3, 0.4) is 0 Å². The number of nitrogens with one attached hydrogen (secondary N) is 1. The van der Waals surface area contributed by atoms with Crippen molar-refractivity contribution >= 4 is 0 Å². The largest absolute Gasteiger partial charge is 0.312 e. The molecule has 0 aliphatic rings. The Bertz CT molecular complexity index is 333. The Labute approximate surface area is 98.4 Å². The Kier molecular flexibility index (Phi) is 3.73. The van der Waals surface area contributed by atoms with Gasteiger partial charge in [0.05, 0.1) is 11.9 Å². The predicted octanol–water partition coefficient (Wildman–Crippen LogP) is 1.87. The van der Waals surface area contributed by atoms with E-state index in [1.807, 2.05) is 17.9 Å². The quantitative estimate of drug-likeness (QED) is 0.849. The second-order valence-electron chi connectivity index (χ2n) is 6.05.